The Bertz CT molecular complexity index is 319. The van der Waals surface area contributed by atoms with Crippen LogP contribution in [-0.4, -0.2) is 38.3 Å². The van der Waals surface area contributed by atoms with Gasteiger partial charge in [0.15, 0.2) is 0 Å². The third kappa shape index (κ3) is 3.11. The Morgan fingerprint density at radius 3 is 2.53 bits per heavy atom. The van der Waals surface area contributed by atoms with E-state index in [1.165, 1.54) is 32.1 Å². The second-order valence-electron chi connectivity index (χ2n) is 6.66. The van der Waals surface area contributed by atoms with Gasteiger partial charge in [-0.3, -0.25) is 4.79 Å². The van der Waals surface area contributed by atoms with Crippen LogP contribution in [-0.2, 0) is 9.53 Å². The van der Waals surface area contributed by atoms with Crippen molar-refractivity contribution in [2.45, 2.75) is 44.1 Å². The Hall–Kier alpha value is -0.610. The maximum absolute atomic E-state index is 12.4. The average Bonchev–Trinajstić information content (AvgIpc) is 3.32. The van der Waals surface area contributed by atoms with Gasteiger partial charge in [0, 0.05) is 19.6 Å². The topological polar surface area (TPSA) is 50.4 Å². The predicted molar refractivity (Wildman–Crippen MR) is 73.8 cm³/mol. The summed E-state index contributed by atoms with van der Waals surface area (Å²) in [5, 5.41) is 6.73. The first-order valence-electron chi connectivity index (χ1n) is 7.76. The van der Waals surface area contributed by atoms with Gasteiger partial charge in [-0.1, -0.05) is 0 Å². The maximum atomic E-state index is 12.4. The summed E-state index contributed by atoms with van der Waals surface area (Å²) in [5.74, 6) is 1.97. The molecule has 19 heavy (non-hydrogen) atoms. The van der Waals surface area contributed by atoms with E-state index >= 15 is 0 Å². The molecular weight excluding hydrogens is 240 g/mol. The molecule has 1 atom stereocenters. The molecule has 4 heteroatoms. The molecule has 0 aromatic heterocycles. The van der Waals surface area contributed by atoms with Gasteiger partial charge in [0.25, 0.3) is 0 Å². The summed E-state index contributed by atoms with van der Waals surface area (Å²) in [7, 11) is 1.74. The third-order valence-electron chi connectivity index (χ3n) is 4.92. The molecule has 1 saturated heterocycles. The smallest absolute Gasteiger partial charge is 0.223 e. The van der Waals surface area contributed by atoms with E-state index in [4.69, 9.17) is 4.74 Å². The van der Waals surface area contributed by atoms with Crippen molar-refractivity contribution in [3.8, 4) is 0 Å². The monoisotopic (exact) mass is 266 g/mol. The van der Waals surface area contributed by atoms with Crippen LogP contribution in [0.3, 0.4) is 0 Å². The molecule has 1 unspecified atom stereocenters. The fourth-order valence-electron chi connectivity index (χ4n) is 3.57. The van der Waals surface area contributed by atoms with E-state index in [2.05, 4.69) is 10.6 Å². The van der Waals surface area contributed by atoms with Crippen molar-refractivity contribution in [3.63, 3.8) is 0 Å². The largest absolute Gasteiger partial charge is 0.383 e. The van der Waals surface area contributed by atoms with Crippen molar-refractivity contribution >= 4 is 5.91 Å². The fraction of sp³-hybridized carbons (Fsp3) is 0.933. The number of hydrogen-bond acceptors (Lipinski definition) is 3. The first-order valence-corrected chi connectivity index (χ1v) is 7.76. The molecule has 3 rings (SSSR count). The number of ether oxygens (including phenoxy) is 1. The number of nitrogens with one attached hydrogen (secondary N) is 2. The van der Waals surface area contributed by atoms with E-state index < -0.39 is 0 Å². The van der Waals surface area contributed by atoms with E-state index in [1.807, 2.05) is 0 Å². The Labute approximate surface area is 115 Å². The van der Waals surface area contributed by atoms with Crippen LogP contribution in [0.4, 0.5) is 0 Å². The molecule has 0 bridgehead atoms. The summed E-state index contributed by atoms with van der Waals surface area (Å²) in [6.07, 6.45) is 7.31. The Morgan fingerprint density at radius 1 is 1.37 bits per heavy atom. The summed E-state index contributed by atoms with van der Waals surface area (Å²) < 4.78 is 5.33. The predicted octanol–water partition coefficient (Wildman–Crippen LogP) is 1.31. The lowest BCUT2D eigenvalue weighted by molar-refractivity contribution is -0.126. The van der Waals surface area contributed by atoms with Gasteiger partial charge in [0.2, 0.25) is 5.91 Å². The Kier molecular flexibility index (Phi) is 3.81. The molecule has 0 radical (unpaired) electrons. The highest BCUT2D eigenvalue weighted by Gasteiger charge is 2.46. The standard InChI is InChI=1S/C15H26N2O2/c1-19-10-15(7-2-8-17-15)9-16-14(18)13(11-3-4-11)12-5-6-12/h11-13,17H,2-10H2,1H3,(H,16,18). The number of amides is 1. The summed E-state index contributed by atoms with van der Waals surface area (Å²) in [6, 6.07) is 0. The number of carbonyl (C=O) groups excluding carboxylic acids is 1. The SMILES string of the molecule is COCC1(CNC(=O)C(C2CC2)C2CC2)CCCN1. The van der Waals surface area contributed by atoms with Gasteiger partial charge in [0.1, 0.15) is 0 Å². The van der Waals surface area contributed by atoms with Crippen LogP contribution in [0.25, 0.3) is 0 Å². The molecule has 1 heterocycles. The highest BCUT2D eigenvalue weighted by molar-refractivity contribution is 5.80. The minimum atomic E-state index is -0.0257. The van der Waals surface area contributed by atoms with Gasteiger partial charge in [0.05, 0.1) is 12.1 Å². The average molecular weight is 266 g/mol. The molecule has 1 amide bonds. The third-order valence-corrected chi connectivity index (χ3v) is 4.92. The van der Waals surface area contributed by atoms with Crippen LogP contribution in [0.15, 0.2) is 0 Å². The van der Waals surface area contributed by atoms with E-state index in [9.17, 15) is 4.79 Å². The van der Waals surface area contributed by atoms with Crippen molar-refractivity contribution < 1.29 is 9.53 Å². The zero-order valence-corrected chi connectivity index (χ0v) is 11.9. The highest BCUT2D eigenvalue weighted by Crippen LogP contribution is 2.49. The molecule has 2 saturated carbocycles. The number of rotatable bonds is 7. The van der Waals surface area contributed by atoms with Gasteiger partial charge < -0.3 is 15.4 Å². The summed E-state index contributed by atoms with van der Waals surface area (Å²) in [6.45, 7) is 2.44. The Morgan fingerprint density at radius 2 is 2.05 bits per heavy atom. The maximum Gasteiger partial charge on any atom is 0.223 e. The first-order chi connectivity index (χ1) is 9.24. The number of hydrogen-bond donors (Lipinski definition) is 2. The lowest BCUT2D eigenvalue weighted by atomic mass is 9.95. The molecule has 2 N–H and O–H groups in total. The van der Waals surface area contributed by atoms with Gasteiger partial charge in [-0.25, -0.2) is 0 Å². The minimum Gasteiger partial charge on any atom is -0.383 e. The van der Waals surface area contributed by atoms with Crippen molar-refractivity contribution in [2.24, 2.45) is 17.8 Å². The van der Waals surface area contributed by atoms with Crippen LogP contribution in [0.2, 0.25) is 0 Å². The Balaban J connectivity index is 1.53. The summed E-state index contributed by atoms with van der Waals surface area (Å²) >= 11 is 0. The molecule has 0 aromatic carbocycles. The lowest BCUT2D eigenvalue weighted by Gasteiger charge is -2.30. The molecule has 1 aliphatic heterocycles. The molecule has 3 aliphatic rings. The zero-order valence-electron chi connectivity index (χ0n) is 11.9. The molecular formula is C15H26N2O2. The zero-order chi connectivity index (χ0) is 13.3. The minimum absolute atomic E-state index is 0.0257. The normalized spacial score (nSPS) is 30.8. The van der Waals surface area contributed by atoms with Crippen LogP contribution < -0.4 is 10.6 Å². The summed E-state index contributed by atoms with van der Waals surface area (Å²) in [4.78, 5) is 12.4. The second kappa shape index (κ2) is 5.41. The number of carbonyl (C=O) groups is 1. The molecule has 4 nitrogen and oxygen atoms in total. The van der Waals surface area contributed by atoms with E-state index in [0.29, 0.717) is 30.3 Å². The van der Waals surface area contributed by atoms with Crippen LogP contribution in [0.1, 0.15) is 38.5 Å². The van der Waals surface area contributed by atoms with E-state index in [-0.39, 0.29) is 5.54 Å². The number of methoxy groups -OCH3 is 1. The second-order valence-corrected chi connectivity index (χ2v) is 6.66. The molecule has 2 aliphatic carbocycles. The quantitative estimate of drug-likeness (QED) is 0.730. The van der Waals surface area contributed by atoms with Gasteiger partial charge in [-0.2, -0.15) is 0 Å². The summed E-state index contributed by atoms with van der Waals surface area (Å²) in [5.41, 5.74) is -0.0257. The first kappa shape index (κ1) is 13.4. The van der Waals surface area contributed by atoms with Gasteiger partial charge in [-0.15, -0.1) is 0 Å². The lowest BCUT2D eigenvalue weighted by Crippen LogP contribution is -2.54. The molecule has 0 spiro atoms. The molecule has 0 aromatic rings. The van der Waals surface area contributed by atoms with E-state index in [1.54, 1.807) is 7.11 Å². The molecule has 108 valence electrons. The van der Waals surface area contributed by atoms with Crippen LogP contribution in [0, 0.1) is 17.8 Å². The highest BCUT2D eigenvalue weighted by atomic mass is 16.5. The van der Waals surface area contributed by atoms with Gasteiger partial charge in [-0.05, 0) is 56.9 Å². The van der Waals surface area contributed by atoms with Crippen molar-refractivity contribution in [1.29, 1.82) is 0 Å². The van der Waals surface area contributed by atoms with Crippen molar-refractivity contribution in [3.05, 3.63) is 0 Å². The van der Waals surface area contributed by atoms with Crippen LogP contribution in [0.5, 0.6) is 0 Å². The fourth-order valence-corrected chi connectivity index (χ4v) is 3.57. The van der Waals surface area contributed by atoms with Gasteiger partial charge >= 0.3 is 0 Å². The molecule has 3 fully saturated rings. The van der Waals surface area contributed by atoms with Crippen molar-refractivity contribution in [1.82, 2.24) is 10.6 Å². The van der Waals surface area contributed by atoms with Crippen LogP contribution >= 0.6 is 0 Å². The van der Waals surface area contributed by atoms with Crippen molar-refractivity contribution in [2.75, 3.05) is 26.8 Å². The van der Waals surface area contributed by atoms with E-state index in [0.717, 1.165) is 19.5 Å².